The second-order valence-corrected chi connectivity index (χ2v) is 3.45. The zero-order valence-corrected chi connectivity index (χ0v) is 9.38. The number of allylic oxidation sites excluding steroid dienone is 2. The van der Waals surface area contributed by atoms with Gasteiger partial charge in [-0.2, -0.15) is 0 Å². The summed E-state index contributed by atoms with van der Waals surface area (Å²) >= 11 is 6.16. The number of hydrogen-bond donors (Lipinski definition) is 0. The van der Waals surface area contributed by atoms with Crippen LogP contribution >= 0.6 is 11.6 Å². The Balaban J connectivity index is 3.48. The molecule has 0 saturated carbocycles. The van der Waals surface area contributed by atoms with E-state index in [2.05, 4.69) is 19.1 Å². The highest BCUT2D eigenvalue weighted by Crippen LogP contribution is 2.00. The van der Waals surface area contributed by atoms with Crippen LogP contribution in [0.25, 0.3) is 11.1 Å². The van der Waals surface area contributed by atoms with Crippen molar-refractivity contribution in [1.29, 1.82) is 0 Å². The minimum Gasteiger partial charge on any atom is -0.0862 e. The highest BCUT2D eigenvalue weighted by molar-refractivity contribution is 6.47. The molecule has 0 amide bonds. The van der Waals surface area contributed by atoms with Gasteiger partial charge in [-0.25, -0.2) is 0 Å². The van der Waals surface area contributed by atoms with Gasteiger partial charge >= 0.3 is 0 Å². The van der Waals surface area contributed by atoms with Gasteiger partial charge in [0.15, 0.2) is 0 Å². The maximum atomic E-state index is 6.16. The standard InChI is InChI=1S/C13H15Cl/c1-3-7-11-9-5-6-10-12(11)13(14)8-4-2/h4-10H,3H2,1-2H3/b8-4-,11-7+,13-12+. The van der Waals surface area contributed by atoms with Gasteiger partial charge in [0, 0.05) is 5.03 Å². The lowest BCUT2D eigenvalue weighted by molar-refractivity contribution is 1.28. The van der Waals surface area contributed by atoms with E-state index in [1.54, 1.807) is 0 Å². The third kappa shape index (κ3) is 2.74. The molecule has 1 aromatic carbocycles. The Morgan fingerprint density at radius 1 is 1.36 bits per heavy atom. The van der Waals surface area contributed by atoms with E-state index in [-0.39, 0.29) is 0 Å². The van der Waals surface area contributed by atoms with Gasteiger partial charge in [-0.1, -0.05) is 54.9 Å². The van der Waals surface area contributed by atoms with Crippen LogP contribution in [0.1, 0.15) is 20.3 Å². The Kier molecular flexibility index (Phi) is 4.48. The molecule has 0 atom stereocenters. The normalized spacial score (nSPS) is 14.9. The van der Waals surface area contributed by atoms with Gasteiger partial charge in [0.05, 0.1) is 0 Å². The van der Waals surface area contributed by atoms with E-state index in [0.29, 0.717) is 0 Å². The van der Waals surface area contributed by atoms with Crippen LogP contribution in [0.3, 0.4) is 0 Å². The first-order valence-electron chi connectivity index (χ1n) is 4.87. The van der Waals surface area contributed by atoms with Gasteiger partial charge in [0.2, 0.25) is 0 Å². The van der Waals surface area contributed by atoms with Crippen LogP contribution in [0.4, 0.5) is 0 Å². The molecule has 0 unspecified atom stereocenters. The minimum atomic E-state index is 0.799. The molecule has 0 aliphatic carbocycles. The second kappa shape index (κ2) is 5.66. The summed E-state index contributed by atoms with van der Waals surface area (Å²) in [5, 5.41) is 3.11. The zero-order chi connectivity index (χ0) is 10.4. The smallest absolute Gasteiger partial charge is 0.0480 e. The number of halogens is 1. The fourth-order valence-corrected chi connectivity index (χ4v) is 1.65. The number of rotatable bonds is 2. The number of benzene rings is 1. The zero-order valence-electron chi connectivity index (χ0n) is 8.63. The highest BCUT2D eigenvalue weighted by atomic mass is 35.5. The summed E-state index contributed by atoms with van der Waals surface area (Å²) < 4.78 is 0. The van der Waals surface area contributed by atoms with Gasteiger partial charge in [-0.15, -0.1) is 0 Å². The van der Waals surface area contributed by atoms with Crippen LogP contribution in [0.5, 0.6) is 0 Å². The Morgan fingerprint density at radius 2 is 2.07 bits per heavy atom. The van der Waals surface area contributed by atoms with Crippen molar-refractivity contribution in [2.75, 3.05) is 0 Å². The molecule has 0 aliphatic rings. The van der Waals surface area contributed by atoms with Gasteiger partial charge in [0.25, 0.3) is 0 Å². The number of hydrogen-bond acceptors (Lipinski definition) is 0. The molecule has 1 aromatic rings. The molecule has 14 heavy (non-hydrogen) atoms. The largest absolute Gasteiger partial charge is 0.0862 e. The van der Waals surface area contributed by atoms with Crippen LogP contribution < -0.4 is 10.4 Å². The Hall–Kier alpha value is -1.01. The van der Waals surface area contributed by atoms with Crippen LogP contribution in [0.2, 0.25) is 0 Å². The summed E-state index contributed by atoms with van der Waals surface area (Å²) in [6.45, 7) is 4.09. The van der Waals surface area contributed by atoms with Gasteiger partial charge in [0.1, 0.15) is 0 Å². The topological polar surface area (TPSA) is 0 Å². The summed E-state index contributed by atoms with van der Waals surface area (Å²) in [6.07, 6.45) is 7.08. The average molecular weight is 207 g/mol. The van der Waals surface area contributed by atoms with Crippen molar-refractivity contribution >= 4 is 22.7 Å². The SMILES string of the molecule is C\C=C/C(Cl)=c1/cccc/c1=C\CC. The van der Waals surface area contributed by atoms with Crippen molar-refractivity contribution in [3.05, 3.63) is 46.9 Å². The fraction of sp³-hybridized carbons (Fsp3) is 0.231. The van der Waals surface area contributed by atoms with Crippen LogP contribution in [-0.2, 0) is 0 Å². The van der Waals surface area contributed by atoms with Gasteiger partial charge in [-0.05, 0) is 29.9 Å². The molecule has 0 fully saturated rings. The molecule has 0 saturated heterocycles. The molecular formula is C13H15Cl. The lowest BCUT2D eigenvalue weighted by atomic mass is 10.2. The molecule has 0 nitrogen and oxygen atoms in total. The van der Waals surface area contributed by atoms with E-state index in [0.717, 1.165) is 16.7 Å². The molecule has 0 aliphatic heterocycles. The van der Waals surface area contributed by atoms with Crippen molar-refractivity contribution in [2.24, 2.45) is 0 Å². The van der Waals surface area contributed by atoms with Crippen molar-refractivity contribution in [3.8, 4) is 0 Å². The minimum absolute atomic E-state index is 0.799. The van der Waals surface area contributed by atoms with Crippen molar-refractivity contribution < 1.29 is 0 Å². The van der Waals surface area contributed by atoms with Crippen molar-refractivity contribution in [1.82, 2.24) is 0 Å². The molecule has 74 valence electrons. The Morgan fingerprint density at radius 3 is 2.71 bits per heavy atom. The van der Waals surface area contributed by atoms with Gasteiger partial charge in [-0.3, -0.25) is 0 Å². The van der Waals surface area contributed by atoms with Crippen molar-refractivity contribution in [3.63, 3.8) is 0 Å². The van der Waals surface area contributed by atoms with E-state index >= 15 is 0 Å². The molecule has 0 aromatic heterocycles. The summed E-state index contributed by atoms with van der Waals surface area (Å²) in [6, 6.07) is 8.17. The van der Waals surface area contributed by atoms with E-state index in [1.807, 2.05) is 37.3 Å². The summed E-state index contributed by atoms with van der Waals surface area (Å²) in [4.78, 5) is 0. The van der Waals surface area contributed by atoms with E-state index < -0.39 is 0 Å². The molecule has 1 heteroatoms. The predicted octanol–water partition coefficient (Wildman–Crippen LogP) is 2.80. The van der Waals surface area contributed by atoms with E-state index in [9.17, 15) is 0 Å². The van der Waals surface area contributed by atoms with Crippen LogP contribution in [0, 0.1) is 0 Å². The van der Waals surface area contributed by atoms with E-state index in [1.165, 1.54) is 5.22 Å². The maximum Gasteiger partial charge on any atom is 0.0480 e. The summed E-state index contributed by atoms with van der Waals surface area (Å²) in [5.41, 5.74) is 0. The van der Waals surface area contributed by atoms with Gasteiger partial charge < -0.3 is 0 Å². The lowest BCUT2D eigenvalue weighted by Gasteiger charge is -1.92. The fourth-order valence-electron chi connectivity index (χ4n) is 1.35. The quantitative estimate of drug-likeness (QED) is 0.698. The summed E-state index contributed by atoms with van der Waals surface area (Å²) in [5.74, 6) is 0. The predicted molar refractivity (Wildman–Crippen MR) is 64.5 cm³/mol. The molecule has 0 bridgehead atoms. The first kappa shape index (κ1) is 11.1. The summed E-state index contributed by atoms with van der Waals surface area (Å²) in [7, 11) is 0. The molecule has 0 radical (unpaired) electrons. The Bertz CT molecular complexity index is 427. The second-order valence-electron chi connectivity index (χ2n) is 3.05. The van der Waals surface area contributed by atoms with Crippen molar-refractivity contribution in [2.45, 2.75) is 20.3 Å². The monoisotopic (exact) mass is 206 g/mol. The maximum absolute atomic E-state index is 6.16. The first-order chi connectivity index (χ1) is 6.79. The van der Waals surface area contributed by atoms with Crippen LogP contribution in [0.15, 0.2) is 36.4 Å². The molecule has 0 N–H and O–H groups in total. The van der Waals surface area contributed by atoms with E-state index in [4.69, 9.17) is 11.6 Å². The third-order valence-electron chi connectivity index (χ3n) is 1.96. The average Bonchev–Trinajstić information content (AvgIpc) is 2.19. The first-order valence-corrected chi connectivity index (χ1v) is 5.25. The third-order valence-corrected chi connectivity index (χ3v) is 2.28. The molecule has 0 heterocycles. The molecular weight excluding hydrogens is 192 g/mol. The lowest BCUT2D eigenvalue weighted by Crippen LogP contribution is -2.24. The molecule has 1 rings (SSSR count). The highest BCUT2D eigenvalue weighted by Gasteiger charge is 1.89. The van der Waals surface area contributed by atoms with Crippen LogP contribution in [-0.4, -0.2) is 0 Å². The Labute approximate surface area is 90.2 Å². The molecule has 0 spiro atoms.